The Morgan fingerprint density at radius 3 is 2.95 bits per heavy atom. The van der Waals surface area contributed by atoms with Crippen LogP contribution in [0.5, 0.6) is 0 Å². The third-order valence-corrected chi connectivity index (χ3v) is 4.20. The van der Waals surface area contributed by atoms with Crippen LogP contribution in [0.3, 0.4) is 0 Å². The number of nitrogens with one attached hydrogen (secondary N) is 2. The van der Waals surface area contributed by atoms with Gasteiger partial charge in [-0.25, -0.2) is 0 Å². The average Bonchev–Trinajstić information content (AvgIpc) is 2.99. The standard InChI is InChI=1S/C14H21N5O2/c1-9(15-14(21)10-6-7-12(20)16-10)13-18-17-11-5-3-2-4-8-19(11)13/h9-10H,2-8H2,1H3,(H,15,21)(H,16,20)/t9-,10+/m1/s1. The van der Waals surface area contributed by atoms with Gasteiger partial charge in [0.25, 0.3) is 0 Å². The van der Waals surface area contributed by atoms with Gasteiger partial charge < -0.3 is 15.2 Å². The van der Waals surface area contributed by atoms with Crippen molar-refractivity contribution in [1.29, 1.82) is 0 Å². The van der Waals surface area contributed by atoms with E-state index in [1.54, 1.807) is 0 Å². The zero-order valence-electron chi connectivity index (χ0n) is 12.3. The van der Waals surface area contributed by atoms with Crippen molar-refractivity contribution in [2.75, 3.05) is 0 Å². The highest BCUT2D eigenvalue weighted by Crippen LogP contribution is 2.19. The molecular weight excluding hydrogens is 270 g/mol. The van der Waals surface area contributed by atoms with Crippen molar-refractivity contribution in [2.45, 2.75) is 64.1 Å². The summed E-state index contributed by atoms with van der Waals surface area (Å²) in [7, 11) is 0. The molecule has 1 aromatic heterocycles. The Bertz CT molecular complexity index is 554. The van der Waals surface area contributed by atoms with Gasteiger partial charge in [0.1, 0.15) is 11.9 Å². The first-order chi connectivity index (χ1) is 10.1. The predicted molar refractivity (Wildman–Crippen MR) is 75.3 cm³/mol. The third-order valence-electron chi connectivity index (χ3n) is 4.20. The van der Waals surface area contributed by atoms with Crippen LogP contribution >= 0.6 is 0 Å². The molecule has 2 amide bonds. The lowest BCUT2D eigenvalue weighted by Gasteiger charge is -2.17. The van der Waals surface area contributed by atoms with E-state index in [-0.39, 0.29) is 17.9 Å². The Labute approximate surface area is 123 Å². The molecule has 0 saturated carbocycles. The molecule has 0 radical (unpaired) electrons. The number of aryl methyl sites for hydroxylation is 1. The van der Waals surface area contributed by atoms with E-state index in [1.807, 2.05) is 6.92 Å². The molecule has 2 atom stereocenters. The van der Waals surface area contributed by atoms with Crippen molar-refractivity contribution in [2.24, 2.45) is 0 Å². The molecule has 1 fully saturated rings. The number of hydrogen-bond acceptors (Lipinski definition) is 4. The van der Waals surface area contributed by atoms with E-state index >= 15 is 0 Å². The molecule has 0 aromatic carbocycles. The van der Waals surface area contributed by atoms with Crippen molar-refractivity contribution in [1.82, 2.24) is 25.4 Å². The average molecular weight is 291 g/mol. The number of carbonyl (C=O) groups excluding carboxylic acids is 2. The van der Waals surface area contributed by atoms with Crippen LogP contribution in [-0.4, -0.2) is 32.6 Å². The zero-order chi connectivity index (χ0) is 14.8. The Morgan fingerprint density at radius 2 is 2.19 bits per heavy atom. The van der Waals surface area contributed by atoms with Crippen molar-refractivity contribution in [3.8, 4) is 0 Å². The van der Waals surface area contributed by atoms with Gasteiger partial charge >= 0.3 is 0 Å². The quantitative estimate of drug-likeness (QED) is 0.846. The molecule has 114 valence electrons. The summed E-state index contributed by atoms with van der Waals surface area (Å²) in [5.74, 6) is 1.63. The maximum absolute atomic E-state index is 12.1. The first kappa shape index (κ1) is 14.0. The lowest BCUT2D eigenvalue weighted by Crippen LogP contribution is -2.43. The van der Waals surface area contributed by atoms with Gasteiger partial charge in [0.2, 0.25) is 11.8 Å². The van der Waals surface area contributed by atoms with E-state index in [4.69, 9.17) is 0 Å². The van der Waals surface area contributed by atoms with Gasteiger partial charge in [-0.05, 0) is 26.2 Å². The molecule has 7 nitrogen and oxygen atoms in total. The second-order valence-electron chi connectivity index (χ2n) is 5.83. The zero-order valence-corrected chi connectivity index (χ0v) is 12.3. The van der Waals surface area contributed by atoms with E-state index < -0.39 is 6.04 Å². The summed E-state index contributed by atoms with van der Waals surface area (Å²) in [5, 5.41) is 14.1. The van der Waals surface area contributed by atoms with Crippen molar-refractivity contribution >= 4 is 11.8 Å². The van der Waals surface area contributed by atoms with Crippen LogP contribution in [0, 0.1) is 0 Å². The number of nitrogens with zero attached hydrogens (tertiary/aromatic N) is 3. The second kappa shape index (κ2) is 5.83. The summed E-state index contributed by atoms with van der Waals surface area (Å²) in [6.45, 7) is 2.83. The highest BCUT2D eigenvalue weighted by molar-refractivity contribution is 5.90. The molecule has 2 aliphatic heterocycles. The summed E-state index contributed by atoms with van der Waals surface area (Å²) in [6.07, 6.45) is 5.41. The largest absolute Gasteiger partial charge is 0.345 e. The summed E-state index contributed by atoms with van der Waals surface area (Å²) in [6, 6.07) is -0.610. The molecule has 0 bridgehead atoms. The summed E-state index contributed by atoms with van der Waals surface area (Å²) in [5.41, 5.74) is 0. The van der Waals surface area contributed by atoms with Gasteiger partial charge in [-0.3, -0.25) is 9.59 Å². The molecule has 7 heteroatoms. The first-order valence-corrected chi connectivity index (χ1v) is 7.67. The van der Waals surface area contributed by atoms with Gasteiger partial charge in [-0.15, -0.1) is 10.2 Å². The lowest BCUT2D eigenvalue weighted by molar-refractivity contribution is -0.126. The minimum absolute atomic E-state index is 0.0563. The number of carbonyl (C=O) groups is 2. The fraction of sp³-hybridized carbons (Fsp3) is 0.714. The molecule has 3 heterocycles. The minimum Gasteiger partial charge on any atom is -0.345 e. The monoisotopic (exact) mass is 291 g/mol. The number of hydrogen-bond donors (Lipinski definition) is 2. The van der Waals surface area contributed by atoms with Gasteiger partial charge in [-0.1, -0.05) is 6.42 Å². The third kappa shape index (κ3) is 2.91. The lowest BCUT2D eigenvalue weighted by atomic mass is 10.2. The van der Waals surface area contributed by atoms with E-state index in [0.717, 1.165) is 37.5 Å². The van der Waals surface area contributed by atoms with E-state index in [1.165, 1.54) is 6.42 Å². The summed E-state index contributed by atoms with van der Waals surface area (Å²) >= 11 is 0. The molecule has 21 heavy (non-hydrogen) atoms. The normalized spacial score (nSPS) is 23.1. The van der Waals surface area contributed by atoms with Crippen LogP contribution < -0.4 is 10.6 Å². The minimum atomic E-state index is -0.411. The SMILES string of the molecule is C[C@@H](NC(=O)[C@@H]1CCC(=O)N1)c1nnc2n1CCCCC2. The van der Waals surface area contributed by atoms with Gasteiger partial charge in [0, 0.05) is 19.4 Å². The van der Waals surface area contributed by atoms with Crippen LogP contribution in [0.15, 0.2) is 0 Å². The van der Waals surface area contributed by atoms with Gasteiger partial charge in [-0.2, -0.15) is 0 Å². The molecule has 1 saturated heterocycles. The van der Waals surface area contributed by atoms with E-state index in [9.17, 15) is 9.59 Å². The molecule has 2 N–H and O–H groups in total. The molecule has 0 aliphatic carbocycles. The summed E-state index contributed by atoms with van der Waals surface area (Å²) in [4.78, 5) is 23.3. The van der Waals surface area contributed by atoms with Crippen molar-refractivity contribution < 1.29 is 9.59 Å². The van der Waals surface area contributed by atoms with E-state index in [2.05, 4.69) is 25.4 Å². The number of rotatable bonds is 3. The topological polar surface area (TPSA) is 88.9 Å². The van der Waals surface area contributed by atoms with Crippen LogP contribution in [0.4, 0.5) is 0 Å². The molecule has 3 rings (SSSR count). The maximum atomic E-state index is 12.1. The number of amides is 2. The smallest absolute Gasteiger partial charge is 0.243 e. The Morgan fingerprint density at radius 1 is 1.33 bits per heavy atom. The Kier molecular flexibility index (Phi) is 3.90. The van der Waals surface area contributed by atoms with Crippen LogP contribution in [0.25, 0.3) is 0 Å². The van der Waals surface area contributed by atoms with Crippen molar-refractivity contribution in [3.05, 3.63) is 11.6 Å². The fourth-order valence-electron chi connectivity index (χ4n) is 3.02. The maximum Gasteiger partial charge on any atom is 0.243 e. The molecular formula is C14H21N5O2. The van der Waals surface area contributed by atoms with Crippen LogP contribution in [-0.2, 0) is 22.6 Å². The number of aromatic nitrogens is 3. The van der Waals surface area contributed by atoms with Crippen molar-refractivity contribution in [3.63, 3.8) is 0 Å². The van der Waals surface area contributed by atoms with E-state index in [0.29, 0.717) is 12.8 Å². The second-order valence-corrected chi connectivity index (χ2v) is 5.83. The van der Waals surface area contributed by atoms with Crippen LogP contribution in [0.2, 0.25) is 0 Å². The molecule has 1 aromatic rings. The molecule has 0 unspecified atom stereocenters. The molecule has 2 aliphatic rings. The number of fused-ring (bicyclic) bond motifs is 1. The highest BCUT2D eigenvalue weighted by atomic mass is 16.2. The fourth-order valence-corrected chi connectivity index (χ4v) is 3.02. The Balaban J connectivity index is 1.68. The summed E-state index contributed by atoms with van der Waals surface area (Å²) < 4.78 is 2.13. The molecule has 0 spiro atoms. The predicted octanol–water partition coefficient (Wildman–Crippen LogP) is 0.460. The Hall–Kier alpha value is -1.92. The highest BCUT2D eigenvalue weighted by Gasteiger charge is 2.29. The first-order valence-electron chi connectivity index (χ1n) is 7.67. The van der Waals surface area contributed by atoms with Gasteiger partial charge in [0.15, 0.2) is 5.82 Å². The van der Waals surface area contributed by atoms with Gasteiger partial charge in [0.05, 0.1) is 6.04 Å². The van der Waals surface area contributed by atoms with Crippen LogP contribution in [0.1, 0.15) is 56.7 Å².